The van der Waals surface area contributed by atoms with Crippen molar-refractivity contribution in [2.45, 2.75) is 31.7 Å². The quantitative estimate of drug-likeness (QED) is 0.705. The number of hydrogen-bond acceptors (Lipinski definition) is 4. The minimum absolute atomic E-state index is 0.00844. The summed E-state index contributed by atoms with van der Waals surface area (Å²) in [6.45, 7) is 5.78. The Balaban J connectivity index is 1.41. The maximum absolute atomic E-state index is 12.5. The highest BCUT2D eigenvalue weighted by atomic mass is 16.5. The summed E-state index contributed by atoms with van der Waals surface area (Å²) in [5.74, 6) is 0.0836. The predicted molar refractivity (Wildman–Crippen MR) is 99.8 cm³/mol. The van der Waals surface area contributed by atoms with Crippen LogP contribution in [-0.4, -0.2) is 73.6 Å². The Labute approximate surface area is 155 Å². The minimum Gasteiger partial charge on any atom is -0.379 e. The van der Waals surface area contributed by atoms with Crippen LogP contribution in [0.2, 0.25) is 0 Å². The third-order valence-corrected chi connectivity index (χ3v) is 5.17. The number of carbonyl (C=O) groups is 2. The molecule has 1 aromatic rings. The van der Waals surface area contributed by atoms with Crippen LogP contribution in [0.4, 0.5) is 0 Å². The molecule has 3 rings (SSSR count). The van der Waals surface area contributed by atoms with Crippen molar-refractivity contribution < 1.29 is 14.3 Å². The summed E-state index contributed by atoms with van der Waals surface area (Å²) >= 11 is 0. The maximum Gasteiger partial charge on any atom is 0.242 e. The number of carbonyl (C=O) groups excluding carboxylic acids is 2. The number of amides is 2. The Kier molecular flexibility index (Phi) is 7.03. The van der Waals surface area contributed by atoms with E-state index in [2.05, 4.69) is 22.3 Å². The number of hydrogen-bond donors (Lipinski definition) is 1. The number of nitrogens with zero attached hydrogens (tertiary/aromatic N) is 2. The van der Waals surface area contributed by atoms with Gasteiger partial charge in [0.25, 0.3) is 0 Å². The number of nitrogens with one attached hydrogen (secondary N) is 1. The number of rotatable bonds is 8. The Morgan fingerprint density at radius 1 is 1.15 bits per heavy atom. The zero-order valence-electron chi connectivity index (χ0n) is 15.4. The van der Waals surface area contributed by atoms with E-state index in [0.29, 0.717) is 25.9 Å². The predicted octanol–water partition coefficient (Wildman–Crippen LogP) is 1.06. The van der Waals surface area contributed by atoms with Crippen LogP contribution in [0.5, 0.6) is 0 Å². The summed E-state index contributed by atoms with van der Waals surface area (Å²) in [7, 11) is 0. The summed E-state index contributed by atoms with van der Waals surface area (Å²) in [6.07, 6.45) is 2.81. The van der Waals surface area contributed by atoms with E-state index in [1.54, 1.807) is 4.90 Å². The van der Waals surface area contributed by atoms with Crippen molar-refractivity contribution in [3.05, 3.63) is 35.9 Å². The van der Waals surface area contributed by atoms with Crippen LogP contribution < -0.4 is 5.32 Å². The summed E-state index contributed by atoms with van der Waals surface area (Å²) in [5.41, 5.74) is 1.19. The maximum atomic E-state index is 12.5. The third-order valence-electron chi connectivity index (χ3n) is 5.17. The Morgan fingerprint density at radius 3 is 2.69 bits per heavy atom. The summed E-state index contributed by atoms with van der Waals surface area (Å²) in [4.78, 5) is 28.8. The van der Waals surface area contributed by atoms with Gasteiger partial charge in [0.1, 0.15) is 6.04 Å². The highest BCUT2D eigenvalue weighted by molar-refractivity contribution is 5.90. The summed E-state index contributed by atoms with van der Waals surface area (Å²) in [5, 5.41) is 3.02. The van der Waals surface area contributed by atoms with Crippen LogP contribution in [0.3, 0.4) is 0 Å². The molecule has 0 radical (unpaired) electrons. The number of likely N-dealkylation sites (tertiary alicyclic amines) is 1. The molecule has 2 amide bonds. The zero-order chi connectivity index (χ0) is 18.2. The molecule has 0 saturated carbocycles. The molecule has 1 N–H and O–H groups in total. The highest BCUT2D eigenvalue weighted by Crippen LogP contribution is 2.19. The first-order chi connectivity index (χ1) is 12.7. The van der Waals surface area contributed by atoms with Crippen LogP contribution in [-0.2, 0) is 20.7 Å². The highest BCUT2D eigenvalue weighted by Gasteiger charge is 2.35. The lowest BCUT2D eigenvalue weighted by molar-refractivity contribution is -0.135. The SMILES string of the molecule is O=C(NCCCN1CCOCC1)[C@H]1CCC(=O)N1CCc1ccccc1. The monoisotopic (exact) mass is 359 g/mol. The van der Waals surface area contributed by atoms with Gasteiger partial charge >= 0.3 is 0 Å². The minimum atomic E-state index is -0.311. The van der Waals surface area contributed by atoms with Crippen LogP contribution in [0.1, 0.15) is 24.8 Å². The average Bonchev–Trinajstić information content (AvgIpc) is 3.06. The van der Waals surface area contributed by atoms with Gasteiger partial charge in [-0.3, -0.25) is 14.5 Å². The first kappa shape index (κ1) is 18.9. The zero-order valence-corrected chi connectivity index (χ0v) is 15.4. The molecule has 26 heavy (non-hydrogen) atoms. The molecule has 0 aliphatic carbocycles. The molecule has 6 heteroatoms. The van der Waals surface area contributed by atoms with Gasteiger partial charge in [-0.1, -0.05) is 30.3 Å². The van der Waals surface area contributed by atoms with Gasteiger partial charge in [-0.25, -0.2) is 0 Å². The van der Waals surface area contributed by atoms with Crippen LogP contribution in [0.15, 0.2) is 30.3 Å². The normalized spacial score (nSPS) is 21.2. The van der Waals surface area contributed by atoms with E-state index in [0.717, 1.165) is 45.7 Å². The molecule has 142 valence electrons. The van der Waals surface area contributed by atoms with Gasteiger partial charge in [-0.15, -0.1) is 0 Å². The largest absolute Gasteiger partial charge is 0.379 e. The average molecular weight is 359 g/mol. The van der Waals surface area contributed by atoms with Crippen molar-refractivity contribution in [2.75, 3.05) is 45.9 Å². The van der Waals surface area contributed by atoms with E-state index in [4.69, 9.17) is 4.74 Å². The van der Waals surface area contributed by atoms with Crippen molar-refractivity contribution in [3.8, 4) is 0 Å². The molecule has 1 aromatic carbocycles. The molecule has 1 atom stereocenters. The van der Waals surface area contributed by atoms with E-state index in [-0.39, 0.29) is 17.9 Å². The number of morpholine rings is 1. The van der Waals surface area contributed by atoms with Crippen molar-refractivity contribution in [2.24, 2.45) is 0 Å². The molecule has 2 saturated heterocycles. The van der Waals surface area contributed by atoms with Crippen LogP contribution in [0.25, 0.3) is 0 Å². The number of benzene rings is 1. The first-order valence-electron chi connectivity index (χ1n) is 9.65. The van der Waals surface area contributed by atoms with Crippen molar-refractivity contribution in [1.29, 1.82) is 0 Å². The Bertz CT molecular complexity index is 587. The molecular weight excluding hydrogens is 330 g/mol. The van der Waals surface area contributed by atoms with Crippen molar-refractivity contribution >= 4 is 11.8 Å². The molecule has 2 heterocycles. The fourth-order valence-corrected chi connectivity index (χ4v) is 3.64. The van der Waals surface area contributed by atoms with Gasteiger partial charge in [-0.05, 0) is 31.4 Å². The molecule has 2 aliphatic heterocycles. The lowest BCUT2D eigenvalue weighted by atomic mass is 10.1. The first-order valence-corrected chi connectivity index (χ1v) is 9.65. The molecule has 0 unspecified atom stereocenters. The fraction of sp³-hybridized carbons (Fsp3) is 0.600. The van der Waals surface area contributed by atoms with E-state index < -0.39 is 0 Å². The van der Waals surface area contributed by atoms with E-state index in [1.165, 1.54) is 5.56 Å². The molecule has 2 aliphatic rings. The van der Waals surface area contributed by atoms with Gasteiger partial charge in [-0.2, -0.15) is 0 Å². The van der Waals surface area contributed by atoms with Crippen LogP contribution >= 0.6 is 0 Å². The van der Waals surface area contributed by atoms with Crippen molar-refractivity contribution in [1.82, 2.24) is 15.1 Å². The Hall–Kier alpha value is -1.92. The van der Waals surface area contributed by atoms with Gasteiger partial charge < -0.3 is 15.0 Å². The van der Waals surface area contributed by atoms with E-state index in [1.807, 2.05) is 18.2 Å². The fourth-order valence-electron chi connectivity index (χ4n) is 3.64. The third kappa shape index (κ3) is 5.29. The van der Waals surface area contributed by atoms with Gasteiger partial charge in [0, 0.05) is 32.6 Å². The van der Waals surface area contributed by atoms with E-state index in [9.17, 15) is 9.59 Å². The smallest absolute Gasteiger partial charge is 0.242 e. The topological polar surface area (TPSA) is 61.9 Å². The lowest BCUT2D eigenvalue weighted by Gasteiger charge is -2.27. The van der Waals surface area contributed by atoms with Gasteiger partial charge in [0.05, 0.1) is 13.2 Å². The summed E-state index contributed by atoms with van der Waals surface area (Å²) < 4.78 is 5.34. The second-order valence-corrected chi connectivity index (χ2v) is 6.98. The number of ether oxygens (including phenoxy) is 1. The molecule has 0 bridgehead atoms. The molecule has 0 aromatic heterocycles. The summed E-state index contributed by atoms with van der Waals surface area (Å²) in [6, 6.07) is 9.79. The van der Waals surface area contributed by atoms with Crippen LogP contribution in [0, 0.1) is 0 Å². The second kappa shape index (κ2) is 9.69. The van der Waals surface area contributed by atoms with Crippen molar-refractivity contribution in [3.63, 3.8) is 0 Å². The lowest BCUT2D eigenvalue weighted by Crippen LogP contribution is -2.46. The molecular formula is C20H29N3O3. The van der Waals surface area contributed by atoms with E-state index >= 15 is 0 Å². The second-order valence-electron chi connectivity index (χ2n) is 6.98. The van der Waals surface area contributed by atoms with Gasteiger partial charge in [0.2, 0.25) is 11.8 Å². The molecule has 2 fully saturated rings. The molecule has 0 spiro atoms. The Morgan fingerprint density at radius 2 is 1.92 bits per heavy atom. The molecule has 6 nitrogen and oxygen atoms in total. The van der Waals surface area contributed by atoms with Gasteiger partial charge in [0.15, 0.2) is 0 Å². The standard InChI is InChI=1S/C20H29N3O3/c24-19-8-7-18(23(19)12-9-17-5-2-1-3-6-17)20(25)21-10-4-11-22-13-15-26-16-14-22/h1-3,5-6,18H,4,7-16H2,(H,21,25)/t18-/m1/s1.